The Morgan fingerprint density at radius 3 is 1.16 bits per heavy atom. The normalized spacial score (nSPS) is 10.9. The summed E-state index contributed by atoms with van der Waals surface area (Å²) in [6.07, 6.45) is 3.42. The fourth-order valence-corrected chi connectivity index (χ4v) is 17.9. The molecule has 0 saturated carbocycles. The molecule has 8 heterocycles. The first kappa shape index (κ1) is 76.5. The molecule has 21 rings (SSSR count). The van der Waals surface area contributed by atoms with E-state index >= 15 is 0 Å². The van der Waals surface area contributed by atoms with E-state index < -0.39 is 0 Å². The Hall–Kier alpha value is -11.3. The smallest absolute Gasteiger partial charge is 0.133 e. The van der Waals surface area contributed by atoms with Crippen molar-refractivity contribution < 1.29 is 8.83 Å². The number of para-hydroxylation sites is 1. The van der Waals surface area contributed by atoms with Crippen molar-refractivity contribution in [2.24, 2.45) is 0 Å². The molecule has 0 radical (unpaired) electrons. The lowest BCUT2D eigenvalue weighted by atomic mass is 9.95. The highest BCUT2D eigenvalue weighted by Gasteiger charge is 2.11. The monoisotopic (exact) mass is 1550 g/mol. The molecule has 0 aliphatic rings. The van der Waals surface area contributed by atoms with Crippen LogP contribution < -0.4 is 0 Å². The van der Waals surface area contributed by atoms with Crippen LogP contribution in [0.4, 0.5) is 0 Å². The van der Waals surface area contributed by atoms with Gasteiger partial charge < -0.3 is 8.83 Å². The number of rotatable bonds is 8. The molecule has 0 bridgehead atoms. The summed E-state index contributed by atoms with van der Waals surface area (Å²) in [6, 6.07) is 122. The predicted molar refractivity (Wildman–Crippen MR) is 493 cm³/mol. The molecule has 0 amide bonds. The maximum Gasteiger partial charge on any atom is 0.133 e. The zero-order chi connectivity index (χ0) is 76.1. The molecular weight excluding hydrogens is 1460 g/mol. The average Bonchev–Trinajstić information content (AvgIpc) is 1.69. The van der Waals surface area contributed by atoms with Crippen LogP contribution in [0.25, 0.3) is 138 Å². The molecular formula is C103H86O2S6. The molecule has 0 aliphatic heterocycles. The molecule has 546 valence electrons. The van der Waals surface area contributed by atoms with Crippen LogP contribution in [0.3, 0.4) is 0 Å². The Kier molecular flexibility index (Phi) is 26.1. The van der Waals surface area contributed by atoms with Crippen molar-refractivity contribution in [3.05, 3.63) is 407 Å². The molecule has 111 heavy (non-hydrogen) atoms. The zero-order valence-electron chi connectivity index (χ0n) is 63.0. The van der Waals surface area contributed by atoms with Crippen LogP contribution in [0.5, 0.6) is 0 Å². The molecule has 2 nitrogen and oxygen atoms in total. The molecule has 21 aromatic rings. The van der Waals surface area contributed by atoms with E-state index in [4.69, 9.17) is 8.83 Å². The van der Waals surface area contributed by atoms with Gasteiger partial charge in [-0.3, -0.25) is 0 Å². The Bertz CT molecular complexity index is 6010. The first-order valence-electron chi connectivity index (χ1n) is 37.5. The molecule has 0 atom stereocenters. The van der Waals surface area contributed by atoms with Gasteiger partial charge in [-0.05, 0) is 253 Å². The van der Waals surface area contributed by atoms with E-state index in [0.717, 1.165) is 21.9 Å². The Labute approximate surface area is 675 Å². The molecule has 0 saturated heterocycles. The minimum absolute atomic E-state index is 0.568. The van der Waals surface area contributed by atoms with Crippen molar-refractivity contribution in [2.75, 3.05) is 0 Å². The standard InChI is InChI=1S/C17H16S.C14H10O.3C14H10S.2C11H12S.C8H6O/c1-12(2)14-10-16(13-6-4-3-5-7-13)15-8-9-18-17(15)11-14;1-2-4-11(5-3-1)12-6-7-14-13(10-12)8-9-15-14;1-2-5-11(6-3-1)12-7-4-8-14-13(12)9-10-15-14;1-2-4-11(5-3-1)12-6-7-14-13(10-12)8-9-15-14;1-2-4-11(5-3-1)13-7-6-12-8-9-15-14(12)10-13;1-8(2)9-3-4-11-10(7-9)5-6-12-11;1-8(2)10-4-3-9-5-6-12-11(9)7-10;1-2-4-8-7(3-1)5-6-9-8/h3-12H,1-2H3;4*1-10H;2*3-8H,1-2H3;1-6H. The summed E-state index contributed by atoms with van der Waals surface area (Å²) in [4.78, 5) is 0. The van der Waals surface area contributed by atoms with E-state index in [1.54, 1.807) is 46.5 Å². The Balaban J connectivity index is 0.000000106. The predicted octanol–water partition coefficient (Wildman–Crippen LogP) is 34.0. The lowest BCUT2D eigenvalue weighted by molar-refractivity contribution is 0.615. The van der Waals surface area contributed by atoms with Crippen molar-refractivity contribution in [1.82, 2.24) is 0 Å². The Morgan fingerprint density at radius 2 is 0.586 bits per heavy atom. The molecule has 0 spiro atoms. The average molecular weight is 1550 g/mol. The summed E-state index contributed by atoms with van der Waals surface area (Å²) in [5.41, 5.74) is 19.1. The molecule has 0 fully saturated rings. The number of hydrogen-bond donors (Lipinski definition) is 0. The maximum atomic E-state index is 5.31. The zero-order valence-corrected chi connectivity index (χ0v) is 67.9. The largest absolute Gasteiger partial charge is 0.464 e. The van der Waals surface area contributed by atoms with Gasteiger partial charge in [0.15, 0.2) is 0 Å². The minimum atomic E-state index is 0.568. The van der Waals surface area contributed by atoms with Gasteiger partial charge in [0.05, 0.1) is 12.5 Å². The highest BCUT2D eigenvalue weighted by Crippen LogP contribution is 2.37. The molecule has 13 aromatic carbocycles. The van der Waals surface area contributed by atoms with E-state index in [1.807, 2.05) is 94.7 Å². The van der Waals surface area contributed by atoms with Gasteiger partial charge in [0.1, 0.15) is 11.2 Å². The van der Waals surface area contributed by atoms with Gasteiger partial charge in [-0.1, -0.05) is 278 Å². The van der Waals surface area contributed by atoms with Crippen molar-refractivity contribution in [2.45, 2.75) is 59.3 Å². The lowest BCUT2D eigenvalue weighted by Crippen LogP contribution is -1.88. The summed E-state index contributed by atoms with van der Waals surface area (Å²) in [5, 5.41) is 23.4. The molecule has 0 aliphatic carbocycles. The summed E-state index contributed by atoms with van der Waals surface area (Å²) in [7, 11) is 0. The first-order chi connectivity index (χ1) is 54.5. The van der Waals surface area contributed by atoms with Gasteiger partial charge in [-0.2, -0.15) is 0 Å². The molecule has 0 N–H and O–H groups in total. The number of benzene rings is 13. The summed E-state index contributed by atoms with van der Waals surface area (Å²) >= 11 is 10.8. The van der Waals surface area contributed by atoms with E-state index in [9.17, 15) is 0 Å². The van der Waals surface area contributed by atoms with Crippen LogP contribution in [-0.4, -0.2) is 0 Å². The van der Waals surface area contributed by atoms with E-state index in [1.165, 1.54) is 133 Å². The van der Waals surface area contributed by atoms with Gasteiger partial charge in [-0.15, -0.1) is 68.0 Å². The second kappa shape index (κ2) is 37.9. The van der Waals surface area contributed by atoms with E-state index in [-0.39, 0.29) is 0 Å². The van der Waals surface area contributed by atoms with Crippen LogP contribution >= 0.6 is 68.0 Å². The highest BCUT2D eigenvalue weighted by atomic mass is 32.1. The highest BCUT2D eigenvalue weighted by molar-refractivity contribution is 7.18. The number of furan rings is 2. The summed E-state index contributed by atoms with van der Waals surface area (Å²) in [5.74, 6) is 1.84. The van der Waals surface area contributed by atoms with Crippen molar-refractivity contribution >= 4 is 150 Å². The Morgan fingerprint density at radius 1 is 0.198 bits per heavy atom. The van der Waals surface area contributed by atoms with Crippen LogP contribution in [0.15, 0.2) is 399 Å². The van der Waals surface area contributed by atoms with Crippen molar-refractivity contribution in [3.8, 4) is 55.6 Å². The third kappa shape index (κ3) is 20.0. The van der Waals surface area contributed by atoms with Crippen LogP contribution in [-0.2, 0) is 0 Å². The topological polar surface area (TPSA) is 26.3 Å². The number of thiophene rings is 6. The molecule has 8 heteroatoms. The number of fused-ring (bicyclic) bond motifs is 8. The second-order valence-corrected chi connectivity index (χ2v) is 33.4. The second-order valence-electron chi connectivity index (χ2n) is 27.7. The van der Waals surface area contributed by atoms with Gasteiger partial charge in [0.2, 0.25) is 0 Å². The summed E-state index contributed by atoms with van der Waals surface area (Å²) < 4.78 is 18.7. The maximum absolute atomic E-state index is 5.31. The summed E-state index contributed by atoms with van der Waals surface area (Å²) in [6.45, 7) is 13.4. The van der Waals surface area contributed by atoms with Crippen LogP contribution in [0, 0.1) is 0 Å². The van der Waals surface area contributed by atoms with E-state index in [2.05, 4.69) is 359 Å². The fourth-order valence-electron chi connectivity index (χ4n) is 13.0. The fraction of sp³-hybridized carbons (Fsp3) is 0.0874. The quantitative estimate of drug-likeness (QED) is 0.152. The molecule has 0 unspecified atom stereocenters. The minimum Gasteiger partial charge on any atom is -0.464 e. The van der Waals surface area contributed by atoms with Gasteiger partial charge >= 0.3 is 0 Å². The van der Waals surface area contributed by atoms with E-state index in [0.29, 0.717) is 17.8 Å². The van der Waals surface area contributed by atoms with Gasteiger partial charge in [-0.25, -0.2) is 0 Å². The third-order valence-corrected chi connectivity index (χ3v) is 24.6. The van der Waals surface area contributed by atoms with Gasteiger partial charge in [0.25, 0.3) is 0 Å². The van der Waals surface area contributed by atoms with Crippen molar-refractivity contribution in [1.29, 1.82) is 0 Å². The SMILES string of the molecule is CC(C)c1cc(-c2ccccc2)c2ccsc2c1.CC(C)c1ccc2ccsc2c1.CC(C)c1ccc2sccc2c1.c1ccc(-c2ccc3ccsc3c2)cc1.c1ccc(-c2ccc3occc3c2)cc1.c1ccc(-c2ccc3sccc3c2)cc1.c1ccc(-c2cccc3sccc23)cc1.c1ccc2occc2c1. The van der Waals surface area contributed by atoms with Crippen LogP contribution in [0.2, 0.25) is 0 Å². The van der Waals surface area contributed by atoms with Crippen molar-refractivity contribution in [3.63, 3.8) is 0 Å². The number of hydrogen-bond acceptors (Lipinski definition) is 8. The third-order valence-electron chi connectivity index (χ3n) is 19.3. The molecule has 8 aromatic heterocycles. The van der Waals surface area contributed by atoms with Crippen LogP contribution in [0.1, 0.15) is 76.0 Å². The van der Waals surface area contributed by atoms with Gasteiger partial charge in [0, 0.05) is 49.7 Å². The lowest BCUT2D eigenvalue weighted by Gasteiger charge is -2.10. The first-order valence-corrected chi connectivity index (χ1v) is 42.8.